The van der Waals surface area contributed by atoms with E-state index in [1.807, 2.05) is 13.8 Å². The lowest BCUT2D eigenvalue weighted by Crippen LogP contribution is -2.55. The van der Waals surface area contributed by atoms with E-state index in [0.29, 0.717) is 0 Å². The lowest BCUT2D eigenvalue weighted by molar-refractivity contribution is -0.141. The van der Waals surface area contributed by atoms with Crippen LogP contribution in [-0.4, -0.2) is 46.0 Å². The first-order valence-corrected chi connectivity index (χ1v) is 6.43. The summed E-state index contributed by atoms with van der Waals surface area (Å²) in [5, 5.41) is 11.3. The minimum absolute atomic E-state index is 0.0618. The third-order valence-corrected chi connectivity index (χ3v) is 3.43. The summed E-state index contributed by atoms with van der Waals surface area (Å²) in [5.74, 6) is -2.02. The first-order valence-electron chi connectivity index (χ1n) is 6.43. The molecule has 0 saturated carbocycles. The van der Waals surface area contributed by atoms with Gasteiger partial charge in [0.25, 0.3) is 0 Å². The normalized spacial score (nSPS) is 24.6. The number of nitrogens with one attached hydrogen (secondary N) is 1. The Morgan fingerprint density at radius 3 is 2.26 bits per heavy atom. The molecule has 108 valence electrons. The smallest absolute Gasteiger partial charge is 0.326 e. The first kappa shape index (κ1) is 15.3. The van der Waals surface area contributed by atoms with E-state index in [4.69, 9.17) is 10.8 Å². The zero-order valence-electron chi connectivity index (χ0n) is 11.3. The number of nitrogens with zero attached hydrogens (tertiary/aromatic N) is 1. The molecule has 1 aliphatic rings. The SMILES string of the molecule is CC1CCCC(C)N1C(=O)NC(CC(N)=O)C(=O)O. The van der Waals surface area contributed by atoms with Crippen LogP contribution in [0.1, 0.15) is 39.5 Å². The van der Waals surface area contributed by atoms with Crippen molar-refractivity contribution in [3.63, 3.8) is 0 Å². The van der Waals surface area contributed by atoms with Crippen molar-refractivity contribution in [3.05, 3.63) is 0 Å². The number of hydrogen-bond donors (Lipinski definition) is 3. The number of nitrogens with two attached hydrogens (primary N) is 1. The highest BCUT2D eigenvalue weighted by molar-refractivity contribution is 5.87. The topological polar surface area (TPSA) is 113 Å². The lowest BCUT2D eigenvalue weighted by atomic mass is 9.98. The van der Waals surface area contributed by atoms with E-state index in [2.05, 4.69) is 5.32 Å². The van der Waals surface area contributed by atoms with Crippen molar-refractivity contribution in [2.75, 3.05) is 0 Å². The number of primary amides is 1. The van der Waals surface area contributed by atoms with E-state index >= 15 is 0 Å². The number of aliphatic carboxylic acids is 1. The van der Waals surface area contributed by atoms with Crippen LogP contribution in [0.4, 0.5) is 4.79 Å². The quantitative estimate of drug-likeness (QED) is 0.682. The van der Waals surface area contributed by atoms with E-state index < -0.39 is 30.4 Å². The average Bonchev–Trinajstić information content (AvgIpc) is 2.27. The third-order valence-electron chi connectivity index (χ3n) is 3.43. The Morgan fingerprint density at radius 2 is 1.84 bits per heavy atom. The van der Waals surface area contributed by atoms with Gasteiger partial charge < -0.3 is 21.1 Å². The molecule has 7 heteroatoms. The Bertz CT molecular complexity index is 362. The van der Waals surface area contributed by atoms with Gasteiger partial charge in [0.05, 0.1) is 6.42 Å². The fraction of sp³-hybridized carbons (Fsp3) is 0.750. The molecule has 1 aliphatic heterocycles. The zero-order valence-corrected chi connectivity index (χ0v) is 11.3. The van der Waals surface area contributed by atoms with Crippen LogP contribution in [-0.2, 0) is 9.59 Å². The van der Waals surface area contributed by atoms with E-state index in [1.54, 1.807) is 4.90 Å². The minimum Gasteiger partial charge on any atom is -0.480 e. The van der Waals surface area contributed by atoms with Gasteiger partial charge in [-0.1, -0.05) is 0 Å². The van der Waals surface area contributed by atoms with E-state index in [-0.39, 0.29) is 12.1 Å². The van der Waals surface area contributed by atoms with Crippen LogP contribution in [0.25, 0.3) is 0 Å². The van der Waals surface area contributed by atoms with E-state index in [0.717, 1.165) is 19.3 Å². The van der Waals surface area contributed by atoms with Gasteiger partial charge in [-0.25, -0.2) is 9.59 Å². The zero-order chi connectivity index (χ0) is 14.6. The van der Waals surface area contributed by atoms with Crippen LogP contribution in [0, 0.1) is 0 Å². The minimum atomic E-state index is -1.27. The van der Waals surface area contributed by atoms with Gasteiger partial charge in [0.15, 0.2) is 0 Å². The van der Waals surface area contributed by atoms with Gasteiger partial charge in [-0.15, -0.1) is 0 Å². The molecule has 0 bridgehead atoms. The molecule has 19 heavy (non-hydrogen) atoms. The van der Waals surface area contributed by atoms with Crippen molar-refractivity contribution >= 4 is 17.9 Å². The number of piperidine rings is 1. The molecule has 3 unspecified atom stereocenters. The monoisotopic (exact) mass is 271 g/mol. The van der Waals surface area contributed by atoms with Crippen molar-refractivity contribution in [2.24, 2.45) is 5.73 Å². The molecular weight excluding hydrogens is 250 g/mol. The highest BCUT2D eigenvalue weighted by Gasteiger charge is 2.31. The number of amides is 3. The Balaban J connectivity index is 2.70. The van der Waals surface area contributed by atoms with E-state index in [1.165, 1.54) is 0 Å². The average molecular weight is 271 g/mol. The Kier molecular flexibility index (Phi) is 5.14. The van der Waals surface area contributed by atoms with Gasteiger partial charge in [0.1, 0.15) is 6.04 Å². The largest absolute Gasteiger partial charge is 0.480 e. The maximum Gasteiger partial charge on any atom is 0.326 e. The Labute approximate surface area is 112 Å². The van der Waals surface area contributed by atoms with Crippen molar-refractivity contribution in [1.82, 2.24) is 10.2 Å². The molecule has 0 spiro atoms. The number of rotatable bonds is 4. The molecule has 1 heterocycles. The maximum atomic E-state index is 12.1. The predicted octanol–water partition coefficient (Wildman–Crippen LogP) is 0.288. The predicted molar refractivity (Wildman–Crippen MR) is 68.4 cm³/mol. The fourth-order valence-corrected chi connectivity index (χ4v) is 2.45. The van der Waals surface area contributed by atoms with Gasteiger partial charge >= 0.3 is 12.0 Å². The highest BCUT2D eigenvalue weighted by atomic mass is 16.4. The second-order valence-corrected chi connectivity index (χ2v) is 5.05. The molecule has 0 radical (unpaired) electrons. The third kappa shape index (κ3) is 4.11. The molecule has 1 rings (SSSR count). The number of hydrogen-bond acceptors (Lipinski definition) is 3. The van der Waals surface area contributed by atoms with Crippen LogP contribution >= 0.6 is 0 Å². The summed E-state index contributed by atoms with van der Waals surface area (Å²) in [4.78, 5) is 35.5. The standard InChI is InChI=1S/C12H21N3O4/c1-7-4-3-5-8(2)15(7)12(19)14-9(11(17)18)6-10(13)16/h7-9H,3-6H2,1-2H3,(H2,13,16)(H,14,19)(H,17,18). The van der Waals surface area contributed by atoms with Gasteiger partial charge in [-0.2, -0.15) is 0 Å². The van der Waals surface area contributed by atoms with Crippen LogP contribution in [0.2, 0.25) is 0 Å². The molecule has 1 saturated heterocycles. The molecule has 0 aromatic heterocycles. The van der Waals surface area contributed by atoms with Crippen molar-refractivity contribution in [3.8, 4) is 0 Å². The van der Waals surface area contributed by atoms with Gasteiger partial charge in [0, 0.05) is 12.1 Å². The summed E-state index contributed by atoms with van der Waals surface area (Å²) >= 11 is 0. The summed E-state index contributed by atoms with van der Waals surface area (Å²) in [7, 11) is 0. The summed E-state index contributed by atoms with van der Waals surface area (Å²) in [6.07, 6.45) is 2.43. The number of carbonyl (C=O) groups is 3. The summed E-state index contributed by atoms with van der Waals surface area (Å²) in [5.41, 5.74) is 4.97. The first-order chi connectivity index (χ1) is 8.82. The number of carboxylic acid groups (broad SMARTS) is 1. The number of carbonyl (C=O) groups excluding carboxylic acids is 2. The van der Waals surface area contributed by atoms with Crippen LogP contribution in [0.5, 0.6) is 0 Å². The molecule has 0 aromatic carbocycles. The molecule has 0 aromatic rings. The Morgan fingerprint density at radius 1 is 1.32 bits per heavy atom. The molecule has 4 N–H and O–H groups in total. The van der Waals surface area contributed by atoms with Gasteiger partial charge in [-0.3, -0.25) is 4.79 Å². The fourth-order valence-electron chi connectivity index (χ4n) is 2.45. The molecule has 3 atom stereocenters. The van der Waals surface area contributed by atoms with Gasteiger partial charge in [-0.05, 0) is 33.1 Å². The maximum absolute atomic E-state index is 12.1. The summed E-state index contributed by atoms with van der Waals surface area (Å²) in [6, 6.07) is -1.60. The van der Waals surface area contributed by atoms with Crippen molar-refractivity contribution < 1.29 is 19.5 Å². The van der Waals surface area contributed by atoms with Crippen LogP contribution in [0.15, 0.2) is 0 Å². The molecule has 0 aliphatic carbocycles. The number of urea groups is 1. The van der Waals surface area contributed by atoms with Crippen molar-refractivity contribution in [1.29, 1.82) is 0 Å². The second-order valence-electron chi connectivity index (χ2n) is 5.05. The number of carboxylic acids is 1. The lowest BCUT2D eigenvalue weighted by Gasteiger charge is -2.39. The van der Waals surface area contributed by atoms with E-state index in [9.17, 15) is 14.4 Å². The summed E-state index contributed by atoms with van der Waals surface area (Å²) in [6.45, 7) is 3.86. The Hall–Kier alpha value is -1.79. The molecule has 7 nitrogen and oxygen atoms in total. The molecule has 3 amide bonds. The molecule has 1 fully saturated rings. The van der Waals surface area contributed by atoms with Crippen LogP contribution < -0.4 is 11.1 Å². The van der Waals surface area contributed by atoms with Gasteiger partial charge in [0.2, 0.25) is 5.91 Å². The highest BCUT2D eigenvalue weighted by Crippen LogP contribution is 2.22. The number of likely N-dealkylation sites (tertiary alicyclic amines) is 1. The molecular formula is C12H21N3O4. The van der Waals surface area contributed by atoms with Crippen molar-refractivity contribution in [2.45, 2.75) is 57.7 Å². The second kappa shape index (κ2) is 6.40. The summed E-state index contributed by atoms with van der Waals surface area (Å²) < 4.78 is 0. The van der Waals surface area contributed by atoms with Crippen LogP contribution in [0.3, 0.4) is 0 Å².